The topological polar surface area (TPSA) is 12.0 Å². The molecule has 3 rings (SSSR count). The number of thiophene rings is 2. The van der Waals surface area contributed by atoms with Gasteiger partial charge in [0.05, 0.1) is 6.04 Å². The maximum absolute atomic E-state index is 3.65. The van der Waals surface area contributed by atoms with E-state index >= 15 is 0 Å². The Morgan fingerprint density at radius 3 is 2.68 bits per heavy atom. The van der Waals surface area contributed by atoms with Crippen LogP contribution in [0, 0.1) is 0 Å². The molecule has 98 valence electrons. The fourth-order valence-corrected chi connectivity index (χ4v) is 5.22. The number of hydrogen-bond acceptors (Lipinski definition) is 3. The first kappa shape index (κ1) is 13.8. The van der Waals surface area contributed by atoms with Crippen molar-refractivity contribution in [3.8, 4) is 0 Å². The van der Waals surface area contributed by atoms with Gasteiger partial charge in [-0.05, 0) is 48.3 Å². The number of nitrogens with one attached hydrogen (secondary N) is 1. The van der Waals surface area contributed by atoms with Gasteiger partial charge in [0.25, 0.3) is 0 Å². The molecule has 0 aliphatic carbocycles. The van der Waals surface area contributed by atoms with Crippen LogP contribution < -0.4 is 5.32 Å². The van der Waals surface area contributed by atoms with Crippen molar-refractivity contribution in [1.82, 2.24) is 5.32 Å². The van der Waals surface area contributed by atoms with E-state index < -0.39 is 0 Å². The zero-order valence-corrected chi connectivity index (χ0v) is 14.9. The van der Waals surface area contributed by atoms with E-state index in [1.54, 1.807) is 11.3 Å². The fourth-order valence-electron chi connectivity index (χ4n) is 2.11. The normalized spacial score (nSPS) is 13.0. The molecule has 19 heavy (non-hydrogen) atoms. The highest BCUT2D eigenvalue weighted by Crippen LogP contribution is 2.38. The van der Waals surface area contributed by atoms with E-state index in [0.29, 0.717) is 0 Å². The summed E-state index contributed by atoms with van der Waals surface area (Å²) in [5.74, 6) is 0. The molecule has 5 heteroatoms. The molecule has 0 radical (unpaired) electrons. The molecule has 0 amide bonds. The third-order valence-electron chi connectivity index (χ3n) is 3.00. The second kappa shape index (κ2) is 5.66. The lowest BCUT2D eigenvalue weighted by atomic mass is 10.1. The Balaban J connectivity index is 2.09. The molecule has 3 aromatic rings. The standard InChI is InChI=1S/C14H11Br2NS2/c1-17-14(9-6-8(15)2-3-10(9)16)13-7-12-11(19-13)4-5-18-12/h2-7,14,17H,1H3. The zero-order chi connectivity index (χ0) is 13.4. The minimum absolute atomic E-state index is 0.219. The summed E-state index contributed by atoms with van der Waals surface area (Å²) >= 11 is 10.9. The summed E-state index contributed by atoms with van der Waals surface area (Å²) in [7, 11) is 2.01. The lowest BCUT2D eigenvalue weighted by molar-refractivity contribution is 0.701. The number of benzene rings is 1. The SMILES string of the molecule is CNC(c1cc2sccc2s1)c1cc(Br)ccc1Br. The molecule has 1 unspecified atom stereocenters. The van der Waals surface area contributed by atoms with Gasteiger partial charge in [-0.25, -0.2) is 0 Å². The molecule has 1 N–H and O–H groups in total. The minimum atomic E-state index is 0.219. The van der Waals surface area contributed by atoms with Gasteiger partial charge in [0.15, 0.2) is 0 Å². The lowest BCUT2D eigenvalue weighted by Gasteiger charge is -2.17. The van der Waals surface area contributed by atoms with Gasteiger partial charge >= 0.3 is 0 Å². The molecule has 2 heterocycles. The van der Waals surface area contributed by atoms with Gasteiger partial charge in [0, 0.05) is 23.2 Å². The summed E-state index contributed by atoms with van der Waals surface area (Å²) in [6.07, 6.45) is 0. The second-order valence-corrected chi connectivity index (χ2v) is 8.02. The molecule has 0 bridgehead atoms. The number of fused-ring (bicyclic) bond motifs is 1. The Labute approximate surface area is 136 Å². The molecular formula is C14H11Br2NS2. The molecule has 0 saturated heterocycles. The van der Waals surface area contributed by atoms with Gasteiger partial charge in [0.2, 0.25) is 0 Å². The van der Waals surface area contributed by atoms with Gasteiger partial charge in [0.1, 0.15) is 0 Å². The molecule has 0 spiro atoms. The Hall–Kier alpha value is -0.200. The van der Waals surface area contributed by atoms with Crippen molar-refractivity contribution in [3.05, 3.63) is 55.1 Å². The van der Waals surface area contributed by atoms with Crippen molar-refractivity contribution in [2.45, 2.75) is 6.04 Å². The van der Waals surface area contributed by atoms with E-state index in [4.69, 9.17) is 0 Å². The minimum Gasteiger partial charge on any atom is -0.309 e. The highest BCUT2D eigenvalue weighted by Gasteiger charge is 2.18. The van der Waals surface area contributed by atoms with Crippen LogP contribution >= 0.6 is 54.5 Å². The lowest BCUT2D eigenvalue weighted by Crippen LogP contribution is -2.16. The van der Waals surface area contributed by atoms with Crippen LogP contribution in [0.5, 0.6) is 0 Å². The van der Waals surface area contributed by atoms with E-state index in [1.165, 1.54) is 19.8 Å². The van der Waals surface area contributed by atoms with Gasteiger partial charge in [-0.3, -0.25) is 0 Å². The van der Waals surface area contributed by atoms with Gasteiger partial charge in [-0.1, -0.05) is 31.9 Å². The molecular weight excluding hydrogens is 406 g/mol. The number of hydrogen-bond donors (Lipinski definition) is 1. The Morgan fingerprint density at radius 1 is 1.11 bits per heavy atom. The summed E-state index contributed by atoms with van der Waals surface area (Å²) in [5.41, 5.74) is 1.26. The van der Waals surface area contributed by atoms with Gasteiger partial charge in [-0.15, -0.1) is 22.7 Å². The first-order valence-corrected chi connectivity index (χ1v) is 9.06. The zero-order valence-electron chi connectivity index (χ0n) is 10.1. The van der Waals surface area contributed by atoms with Crippen molar-refractivity contribution in [2.24, 2.45) is 0 Å². The monoisotopic (exact) mass is 415 g/mol. The predicted octanol–water partition coefficient (Wildman–Crippen LogP) is 5.80. The van der Waals surface area contributed by atoms with E-state index in [2.05, 4.69) is 66.8 Å². The molecule has 1 atom stereocenters. The van der Waals surface area contributed by atoms with Crippen LogP contribution in [0.1, 0.15) is 16.5 Å². The second-order valence-electron chi connectivity index (χ2n) is 4.19. The van der Waals surface area contributed by atoms with Crippen LogP contribution in [-0.2, 0) is 0 Å². The highest BCUT2D eigenvalue weighted by atomic mass is 79.9. The van der Waals surface area contributed by atoms with Crippen molar-refractivity contribution in [3.63, 3.8) is 0 Å². The summed E-state index contributed by atoms with van der Waals surface area (Å²) in [4.78, 5) is 1.35. The maximum atomic E-state index is 3.65. The quantitative estimate of drug-likeness (QED) is 0.569. The highest BCUT2D eigenvalue weighted by molar-refractivity contribution is 9.11. The number of halogens is 2. The first-order valence-electron chi connectivity index (χ1n) is 5.78. The summed E-state index contributed by atoms with van der Waals surface area (Å²) < 4.78 is 4.97. The first-order chi connectivity index (χ1) is 9.19. The van der Waals surface area contributed by atoms with Crippen molar-refractivity contribution in [2.75, 3.05) is 7.05 Å². The third-order valence-corrected chi connectivity index (χ3v) is 6.37. The molecule has 0 fully saturated rings. The van der Waals surface area contributed by atoms with Gasteiger partial charge < -0.3 is 5.32 Å². The Kier molecular flexibility index (Phi) is 4.10. The molecule has 1 aromatic carbocycles. The smallest absolute Gasteiger partial charge is 0.0680 e. The maximum Gasteiger partial charge on any atom is 0.0680 e. The molecule has 0 aliphatic heterocycles. The van der Waals surface area contributed by atoms with E-state index in [-0.39, 0.29) is 6.04 Å². The van der Waals surface area contributed by atoms with E-state index in [0.717, 1.165) is 8.95 Å². The van der Waals surface area contributed by atoms with Crippen LogP contribution in [0.2, 0.25) is 0 Å². The Morgan fingerprint density at radius 2 is 1.95 bits per heavy atom. The van der Waals surface area contributed by atoms with Crippen LogP contribution in [0.25, 0.3) is 9.40 Å². The van der Waals surface area contributed by atoms with E-state index in [1.807, 2.05) is 24.5 Å². The van der Waals surface area contributed by atoms with Crippen LogP contribution in [-0.4, -0.2) is 7.05 Å². The fraction of sp³-hybridized carbons (Fsp3) is 0.143. The van der Waals surface area contributed by atoms with E-state index in [9.17, 15) is 0 Å². The Bertz CT molecular complexity index is 689. The summed E-state index contributed by atoms with van der Waals surface area (Å²) in [5, 5.41) is 5.56. The summed E-state index contributed by atoms with van der Waals surface area (Å²) in [6.45, 7) is 0. The van der Waals surface area contributed by atoms with Gasteiger partial charge in [-0.2, -0.15) is 0 Å². The van der Waals surface area contributed by atoms with Crippen molar-refractivity contribution >= 4 is 63.9 Å². The summed E-state index contributed by atoms with van der Waals surface area (Å²) in [6, 6.07) is 11.0. The third kappa shape index (κ3) is 2.67. The van der Waals surface area contributed by atoms with Crippen molar-refractivity contribution in [1.29, 1.82) is 0 Å². The number of rotatable bonds is 3. The van der Waals surface area contributed by atoms with Crippen molar-refractivity contribution < 1.29 is 0 Å². The molecule has 1 nitrogen and oxygen atoms in total. The van der Waals surface area contributed by atoms with Crippen LogP contribution in [0.3, 0.4) is 0 Å². The molecule has 2 aromatic heterocycles. The average molecular weight is 417 g/mol. The predicted molar refractivity (Wildman–Crippen MR) is 92.4 cm³/mol. The van der Waals surface area contributed by atoms with Crippen LogP contribution in [0.4, 0.5) is 0 Å². The molecule has 0 aliphatic rings. The van der Waals surface area contributed by atoms with Crippen LogP contribution in [0.15, 0.2) is 44.7 Å². The molecule has 0 saturated carbocycles. The average Bonchev–Trinajstić information content (AvgIpc) is 2.95. The largest absolute Gasteiger partial charge is 0.309 e.